The fourth-order valence-electron chi connectivity index (χ4n) is 1.98. The molecule has 0 saturated heterocycles. The minimum Gasteiger partial charge on any atom is -0.465 e. The van der Waals surface area contributed by atoms with E-state index in [0.717, 1.165) is 6.07 Å². The summed E-state index contributed by atoms with van der Waals surface area (Å²) in [6, 6.07) is 2.32. The number of carbonyl (C=O) groups is 1. The minimum absolute atomic E-state index is 0.203. The fraction of sp³-hybridized carbons (Fsp3) is 0.500. The van der Waals surface area contributed by atoms with Crippen molar-refractivity contribution in [3.8, 4) is 0 Å². The van der Waals surface area contributed by atoms with Gasteiger partial charge in [0.2, 0.25) is 0 Å². The van der Waals surface area contributed by atoms with Gasteiger partial charge < -0.3 is 15.5 Å². The third-order valence-electron chi connectivity index (χ3n) is 3.20. The highest BCUT2D eigenvalue weighted by molar-refractivity contribution is 5.65. The molecule has 0 bridgehead atoms. The first-order valence-electron chi connectivity index (χ1n) is 6.43. The first-order chi connectivity index (χ1) is 9.59. The van der Waals surface area contributed by atoms with E-state index in [9.17, 15) is 23.1 Å². The van der Waals surface area contributed by atoms with Crippen molar-refractivity contribution in [2.45, 2.75) is 38.8 Å². The lowest BCUT2D eigenvalue weighted by Gasteiger charge is -2.27. The molecular formula is C14H18F3NO3. The zero-order valence-corrected chi connectivity index (χ0v) is 11.9. The van der Waals surface area contributed by atoms with Crippen LogP contribution in [-0.4, -0.2) is 22.4 Å². The molecule has 1 amide bonds. The maximum absolute atomic E-state index is 14.3. The van der Waals surface area contributed by atoms with Crippen LogP contribution in [0.25, 0.3) is 0 Å². The van der Waals surface area contributed by atoms with Crippen LogP contribution in [0.3, 0.4) is 0 Å². The largest absolute Gasteiger partial charge is 0.465 e. The molecule has 0 radical (unpaired) electrons. The summed E-state index contributed by atoms with van der Waals surface area (Å²) in [5.41, 5.74) is -1.15. The zero-order valence-electron chi connectivity index (χ0n) is 11.9. The van der Waals surface area contributed by atoms with Crippen LogP contribution in [0.2, 0.25) is 0 Å². The Balaban J connectivity index is 3.25. The molecule has 0 fully saturated rings. The molecule has 4 nitrogen and oxygen atoms in total. The van der Waals surface area contributed by atoms with E-state index in [1.54, 1.807) is 0 Å². The Morgan fingerprint density at radius 1 is 1.29 bits per heavy atom. The van der Waals surface area contributed by atoms with Crippen molar-refractivity contribution < 1.29 is 28.2 Å². The molecule has 0 saturated carbocycles. The number of rotatable bonds is 5. The molecule has 1 aromatic rings. The van der Waals surface area contributed by atoms with Crippen LogP contribution in [0.1, 0.15) is 37.9 Å². The van der Waals surface area contributed by atoms with Crippen molar-refractivity contribution >= 4 is 6.09 Å². The fourth-order valence-corrected chi connectivity index (χ4v) is 1.98. The molecule has 118 valence electrons. The second-order valence-electron chi connectivity index (χ2n) is 5.19. The molecule has 0 aliphatic carbocycles. The van der Waals surface area contributed by atoms with E-state index in [0.29, 0.717) is 0 Å². The number of amides is 1. The lowest BCUT2D eigenvalue weighted by molar-refractivity contribution is -0.134. The Morgan fingerprint density at radius 3 is 2.33 bits per heavy atom. The third kappa shape index (κ3) is 3.66. The lowest BCUT2D eigenvalue weighted by atomic mass is 9.92. The van der Waals surface area contributed by atoms with Crippen LogP contribution in [0, 0.1) is 11.7 Å². The van der Waals surface area contributed by atoms with E-state index in [1.165, 1.54) is 32.9 Å². The molecule has 0 heterocycles. The summed E-state index contributed by atoms with van der Waals surface area (Å²) in [6.07, 6.45) is -3.42. The molecule has 0 spiro atoms. The maximum atomic E-state index is 14.3. The lowest BCUT2D eigenvalue weighted by Crippen LogP contribution is -2.36. The van der Waals surface area contributed by atoms with Crippen molar-refractivity contribution in [3.63, 3.8) is 0 Å². The van der Waals surface area contributed by atoms with Gasteiger partial charge in [0, 0.05) is 5.56 Å². The van der Waals surface area contributed by atoms with Gasteiger partial charge >= 0.3 is 12.0 Å². The zero-order chi connectivity index (χ0) is 16.4. The number of benzene rings is 1. The topological polar surface area (TPSA) is 69.6 Å². The molecule has 1 rings (SSSR count). The van der Waals surface area contributed by atoms with Crippen molar-refractivity contribution in [3.05, 3.63) is 35.1 Å². The van der Waals surface area contributed by atoms with Crippen LogP contribution in [0.5, 0.6) is 0 Å². The summed E-state index contributed by atoms with van der Waals surface area (Å²) in [5.74, 6) is -5.75. The Morgan fingerprint density at radius 2 is 1.86 bits per heavy atom. The number of hydrogen-bond acceptors (Lipinski definition) is 2. The molecule has 7 heteroatoms. The van der Waals surface area contributed by atoms with Gasteiger partial charge in [0.15, 0.2) is 0 Å². The third-order valence-corrected chi connectivity index (χ3v) is 3.20. The quantitative estimate of drug-likeness (QED) is 0.782. The van der Waals surface area contributed by atoms with Crippen molar-refractivity contribution in [1.82, 2.24) is 5.32 Å². The summed E-state index contributed by atoms with van der Waals surface area (Å²) in [7, 11) is 0. The van der Waals surface area contributed by atoms with Gasteiger partial charge in [0.05, 0.1) is 11.6 Å². The standard InChI is InChI=1S/C14H18F3NO3/c1-7(2)12(19)14(16,17)10-6-4-5-9(11(10)15)8(3)18-13(20)21/h4-8,12,18-19H,1-3H3,(H,20,21)/t8-,12?/m1/s1. The number of alkyl halides is 2. The Labute approximate surface area is 120 Å². The predicted molar refractivity (Wildman–Crippen MR) is 70.7 cm³/mol. The highest BCUT2D eigenvalue weighted by Crippen LogP contribution is 2.38. The highest BCUT2D eigenvalue weighted by Gasteiger charge is 2.44. The molecule has 0 aliphatic rings. The molecular weight excluding hydrogens is 287 g/mol. The normalized spacial score (nSPS) is 14.9. The number of hydrogen-bond donors (Lipinski definition) is 3. The monoisotopic (exact) mass is 305 g/mol. The molecule has 1 aromatic carbocycles. The van der Waals surface area contributed by atoms with E-state index in [-0.39, 0.29) is 5.56 Å². The highest BCUT2D eigenvalue weighted by atomic mass is 19.3. The molecule has 2 atom stereocenters. The average Bonchev–Trinajstić information content (AvgIpc) is 2.36. The second-order valence-corrected chi connectivity index (χ2v) is 5.19. The molecule has 1 unspecified atom stereocenters. The van der Waals surface area contributed by atoms with Gasteiger partial charge in [-0.05, 0) is 18.9 Å². The van der Waals surface area contributed by atoms with Gasteiger partial charge in [-0.15, -0.1) is 0 Å². The SMILES string of the molecule is CC(C)C(O)C(F)(F)c1cccc([C@@H](C)NC(=O)O)c1F. The number of nitrogens with one attached hydrogen (secondary N) is 1. The number of carboxylic acid groups (broad SMARTS) is 1. The van der Waals surface area contributed by atoms with Crippen molar-refractivity contribution in [1.29, 1.82) is 0 Å². The van der Waals surface area contributed by atoms with Crippen LogP contribution in [-0.2, 0) is 5.92 Å². The first kappa shape index (κ1) is 17.3. The second kappa shape index (κ2) is 6.34. The van der Waals surface area contributed by atoms with E-state index in [1.807, 2.05) is 5.32 Å². The summed E-state index contributed by atoms with van der Waals surface area (Å²) in [5, 5.41) is 20.2. The van der Waals surface area contributed by atoms with Gasteiger partial charge in [-0.3, -0.25) is 0 Å². The molecule has 0 aromatic heterocycles. The van der Waals surface area contributed by atoms with E-state index in [4.69, 9.17) is 5.11 Å². The van der Waals surface area contributed by atoms with Crippen molar-refractivity contribution in [2.24, 2.45) is 5.92 Å². The van der Waals surface area contributed by atoms with Crippen LogP contribution in [0.4, 0.5) is 18.0 Å². The van der Waals surface area contributed by atoms with Crippen molar-refractivity contribution in [2.75, 3.05) is 0 Å². The van der Waals surface area contributed by atoms with Crippen LogP contribution >= 0.6 is 0 Å². The first-order valence-corrected chi connectivity index (χ1v) is 6.43. The summed E-state index contributed by atoms with van der Waals surface area (Å²) >= 11 is 0. The molecule has 3 N–H and O–H groups in total. The Kier molecular flexibility index (Phi) is 5.22. The molecule has 21 heavy (non-hydrogen) atoms. The number of aliphatic hydroxyl groups is 1. The smallest absolute Gasteiger partial charge is 0.405 e. The summed E-state index contributed by atoms with van der Waals surface area (Å²) < 4.78 is 42.5. The summed E-state index contributed by atoms with van der Waals surface area (Å²) in [6.45, 7) is 4.14. The van der Waals surface area contributed by atoms with Crippen LogP contribution in [0.15, 0.2) is 18.2 Å². The maximum Gasteiger partial charge on any atom is 0.405 e. The van der Waals surface area contributed by atoms with Gasteiger partial charge in [-0.1, -0.05) is 26.0 Å². The van der Waals surface area contributed by atoms with Gasteiger partial charge in [-0.2, -0.15) is 8.78 Å². The Bertz CT molecular complexity index is 520. The summed E-state index contributed by atoms with van der Waals surface area (Å²) in [4.78, 5) is 10.6. The van der Waals surface area contributed by atoms with E-state index >= 15 is 0 Å². The predicted octanol–water partition coefficient (Wildman–Crippen LogP) is 3.26. The van der Waals surface area contributed by atoms with Gasteiger partial charge in [0.1, 0.15) is 11.9 Å². The molecule has 0 aliphatic heterocycles. The Hall–Kier alpha value is -1.76. The van der Waals surface area contributed by atoms with E-state index in [2.05, 4.69) is 0 Å². The number of halogens is 3. The average molecular weight is 305 g/mol. The van der Waals surface area contributed by atoms with Gasteiger partial charge in [0.25, 0.3) is 0 Å². The van der Waals surface area contributed by atoms with Crippen LogP contribution < -0.4 is 5.32 Å². The number of aliphatic hydroxyl groups excluding tert-OH is 1. The minimum atomic E-state index is -3.77. The van der Waals surface area contributed by atoms with E-state index < -0.39 is 41.5 Å². The van der Waals surface area contributed by atoms with Gasteiger partial charge in [-0.25, -0.2) is 9.18 Å².